The van der Waals surface area contributed by atoms with Crippen LogP contribution in [0.25, 0.3) is 44.3 Å². The van der Waals surface area contributed by atoms with Gasteiger partial charge in [-0.3, -0.25) is 9.59 Å². The Kier molecular flexibility index (Phi) is 12.5. The van der Waals surface area contributed by atoms with Crippen LogP contribution in [0, 0.1) is 51.0 Å². The maximum atomic E-state index is 14.2. The largest absolute Gasteiger partial charge is 0.361 e. The molecule has 0 unspecified atom stereocenters. The van der Waals surface area contributed by atoms with E-state index in [1.807, 2.05) is 62.6 Å². The second-order valence-electron chi connectivity index (χ2n) is 19.5. The summed E-state index contributed by atoms with van der Waals surface area (Å²) in [5, 5.41) is 11.5. The highest BCUT2D eigenvalue weighted by Gasteiger charge is 2.41. The summed E-state index contributed by atoms with van der Waals surface area (Å²) >= 11 is 0. The van der Waals surface area contributed by atoms with Crippen molar-refractivity contribution in [3.8, 4) is 22.3 Å². The maximum absolute atomic E-state index is 14.2. The van der Waals surface area contributed by atoms with Crippen LogP contribution in [0.5, 0.6) is 0 Å². The van der Waals surface area contributed by atoms with Crippen molar-refractivity contribution in [2.75, 3.05) is 42.2 Å². The molecule has 4 aliphatic rings. The van der Waals surface area contributed by atoms with Crippen LogP contribution in [-0.4, -0.2) is 86.4 Å². The number of sulfonamides is 1. The highest BCUT2D eigenvalue weighted by atomic mass is 32.2. The van der Waals surface area contributed by atoms with Crippen molar-refractivity contribution >= 4 is 55.3 Å². The van der Waals surface area contributed by atoms with Crippen molar-refractivity contribution in [3.05, 3.63) is 131 Å². The fourth-order valence-corrected chi connectivity index (χ4v) is 12.3. The van der Waals surface area contributed by atoms with Gasteiger partial charge in [0.25, 0.3) is 0 Å². The molecule has 21 heteroatoms. The van der Waals surface area contributed by atoms with Crippen molar-refractivity contribution in [1.82, 2.24) is 39.0 Å². The SMILES string of the molecule is Cc1noc(C)c1-c1ccc2c(c1)nc([C@@H]1CCC(=O)N1c1ccc(F)c(F)c1)n2[C@@H]1CCNC1.Cc1noc(C)c1-c1ccc2c(c1)nc([C@@H]1CCC(=O)N1c1ccc(F)c(F)c1)n2[C@H]1CCN(S(C)(=O)=O)C1. The van der Waals surface area contributed by atoms with Gasteiger partial charge in [-0.05, 0) is 120 Å². The molecule has 1 N–H and O–H groups in total. The van der Waals surface area contributed by atoms with E-state index in [0.29, 0.717) is 55.0 Å². The first-order valence-corrected chi connectivity index (χ1v) is 26.4. The first-order chi connectivity index (χ1) is 35.4. The number of hydrogen-bond donors (Lipinski definition) is 1. The number of imidazole rings is 2. The standard InChI is InChI=1S/C27H27F2N5O4S.C26H25F2N5O2/c1-15-26(16(2)38-31-15)17-4-7-23-22(12-17)30-27(34(23)19-10-11-32(14-19)39(3,36)37)24-8-9-25(35)33(24)18-5-6-20(28)21(29)13-18;1-14-25(15(2)35-31-14)16-3-6-22-21(11-16)30-26(33(22)18-9-10-29-13-18)23-7-8-24(34)32(23)17-4-5-19(27)20(28)12-17/h4-7,12-13,19,24H,8-11,14H2,1-3H3;3-6,11-12,18,23,29H,7-10,13H2,1-2H3/t19-,24-;18-,23+/m01/s1. The van der Waals surface area contributed by atoms with Gasteiger partial charge in [-0.1, -0.05) is 22.4 Å². The van der Waals surface area contributed by atoms with Crippen LogP contribution in [0.3, 0.4) is 0 Å². The van der Waals surface area contributed by atoms with Crippen molar-refractivity contribution in [2.24, 2.45) is 0 Å². The quantitative estimate of drug-likeness (QED) is 0.136. The first kappa shape index (κ1) is 49.0. The minimum atomic E-state index is -3.39. The average Bonchev–Trinajstić information content (AvgIpc) is 4.24. The lowest BCUT2D eigenvalue weighted by molar-refractivity contribution is -0.118. The number of hydrogen-bond acceptors (Lipinski definition) is 11. The summed E-state index contributed by atoms with van der Waals surface area (Å²) in [6.07, 6.45) is 4.23. The zero-order valence-electron chi connectivity index (χ0n) is 41.2. The van der Waals surface area contributed by atoms with Crippen molar-refractivity contribution in [1.29, 1.82) is 0 Å². The van der Waals surface area contributed by atoms with E-state index in [0.717, 1.165) is 106 Å². The first-order valence-electron chi connectivity index (χ1n) is 24.6. The smallest absolute Gasteiger partial charge is 0.227 e. The van der Waals surface area contributed by atoms with Gasteiger partial charge in [-0.2, -0.15) is 0 Å². The monoisotopic (exact) mass is 1030 g/mol. The topological polar surface area (TPSA) is 178 Å². The fourth-order valence-electron chi connectivity index (χ4n) is 11.4. The van der Waals surface area contributed by atoms with Gasteiger partial charge in [-0.15, -0.1) is 0 Å². The Bertz CT molecular complexity index is 3620. The molecule has 16 nitrogen and oxygen atoms in total. The van der Waals surface area contributed by atoms with Gasteiger partial charge in [0.2, 0.25) is 21.8 Å². The Balaban J connectivity index is 0.000000160. The number of fused-ring (bicyclic) bond motifs is 2. The van der Waals surface area contributed by atoms with E-state index in [1.54, 1.807) is 4.90 Å². The summed E-state index contributed by atoms with van der Waals surface area (Å²) in [4.78, 5) is 39.0. The highest BCUT2D eigenvalue weighted by molar-refractivity contribution is 7.88. The number of aromatic nitrogens is 6. The molecule has 4 saturated heterocycles. The van der Waals surface area contributed by atoms with Gasteiger partial charge >= 0.3 is 0 Å². The summed E-state index contributed by atoms with van der Waals surface area (Å²) in [7, 11) is -3.39. The third-order valence-corrected chi connectivity index (χ3v) is 16.1. The molecule has 2 amide bonds. The molecule has 0 spiro atoms. The Hall–Kier alpha value is -7.23. The van der Waals surface area contributed by atoms with Crippen molar-refractivity contribution in [2.45, 2.75) is 90.4 Å². The molecule has 12 rings (SSSR count). The molecule has 0 radical (unpaired) electrons. The van der Waals surface area contributed by atoms with Crippen LogP contribution < -0.4 is 15.1 Å². The highest BCUT2D eigenvalue weighted by Crippen LogP contribution is 2.44. The molecule has 8 aromatic rings. The van der Waals surface area contributed by atoms with E-state index in [9.17, 15) is 35.6 Å². The second kappa shape index (κ2) is 18.9. The predicted octanol–water partition coefficient (Wildman–Crippen LogP) is 9.65. The molecular formula is C53H52F4N10O6S. The summed E-state index contributed by atoms with van der Waals surface area (Å²) in [6, 6.07) is 18.0. The summed E-state index contributed by atoms with van der Waals surface area (Å²) in [6.45, 7) is 9.85. The number of aryl methyl sites for hydroxylation is 4. The van der Waals surface area contributed by atoms with E-state index in [4.69, 9.17) is 19.0 Å². The molecule has 4 aromatic heterocycles. The Morgan fingerprint density at radius 3 is 1.50 bits per heavy atom. The number of carbonyl (C=O) groups excluding carboxylic acids is 2. The fraction of sp³-hybridized carbons (Fsp3) is 0.358. The lowest BCUT2D eigenvalue weighted by atomic mass is 10.0. The van der Waals surface area contributed by atoms with E-state index in [2.05, 4.69) is 26.3 Å². The zero-order valence-corrected chi connectivity index (χ0v) is 42.0. The predicted molar refractivity (Wildman–Crippen MR) is 268 cm³/mol. The summed E-state index contributed by atoms with van der Waals surface area (Å²) in [5.74, 6) is -1.52. The number of amides is 2. The number of nitrogens with zero attached hydrogens (tertiary/aromatic N) is 9. The Morgan fingerprint density at radius 1 is 0.608 bits per heavy atom. The molecule has 74 heavy (non-hydrogen) atoms. The number of carbonyl (C=O) groups is 2. The van der Waals surface area contributed by atoms with Crippen LogP contribution in [0.4, 0.5) is 28.9 Å². The lowest BCUT2D eigenvalue weighted by Gasteiger charge is -2.27. The lowest BCUT2D eigenvalue weighted by Crippen LogP contribution is -2.31. The molecule has 0 saturated carbocycles. The summed E-state index contributed by atoms with van der Waals surface area (Å²) in [5.41, 5.74) is 9.08. The number of anilines is 2. The molecule has 0 aliphatic carbocycles. The van der Waals surface area contributed by atoms with Crippen LogP contribution in [-0.2, 0) is 19.6 Å². The molecular weight excluding hydrogens is 981 g/mol. The van der Waals surface area contributed by atoms with Gasteiger partial charge in [0, 0.05) is 73.2 Å². The molecule has 384 valence electrons. The number of halogens is 4. The molecule has 4 fully saturated rings. The minimum absolute atomic E-state index is 0.124. The average molecular weight is 1030 g/mol. The van der Waals surface area contributed by atoms with Crippen LogP contribution in [0.2, 0.25) is 0 Å². The molecule has 4 aromatic carbocycles. The van der Waals surface area contributed by atoms with Gasteiger partial charge in [0.1, 0.15) is 23.2 Å². The van der Waals surface area contributed by atoms with Crippen molar-refractivity contribution < 1.29 is 44.6 Å². The van der Waals surface area contributed by atoms with Gasteiger partial charge in [0.15, 0.2) is 23.3 Å². The molecule has 4 aliphatic heterocycles. The number of rotatable bonds is 9. The molecule has 0 bridgehead atoms. The van der Waals surface area contributed by atoms with Gasteiger partial charge in [0.05, 0.1) is 57.8 Å². The van der Waals surface area contributed by atoms with Crippen LogP contribution in [0.1, 0.15) is 97.2 Å². The maximum Gasteiger partial charge on any atom is 0.227 e. The van der Waals surface area contributed by atoms with E-state index < -0.39 is 39.3 Å². The Labute approximate surface area is 423 Å². The van der Waals surface area contributed by atoms with E-state index >= 15 is 0 Å². The normalized spacial score (nSPS) is 20.5. The number of nitrogens with one attached hydrogen (secondary N) is 1. The van der Waals surface area contributed by atoms with E-state index in [-0.39, 0.29) is 48.6 Å². The van der Waals surface area contributed by atoms with Gasteiger partial charge < -0.3 is 33.3 Å². The van der Waals surface area contributed by atoms with Crippen LogP contribution >= 0.6 is 0 Å². The second-order valence-corrected chi connectivity index (χ2v) is 21.5. The third-order valence-electron chi connectivity index (χ3n) is 14.8. The van der Waals surface area contributed by atoms with Gasteiger partial charge in [-0.25, -0.2) is 40.3 Å². The van der Waals surface area contributed by atoms with Crippen LogP contribution in [0.15, 0.2) is 81.8 Å². The van der Waals surface area contributed by atoms with Crippen molar-refractivity contribution in [3.63, 3.8) is 0 Å². The zero-order chi connectivity index (χ0) is 51.9. The minimum Gasteiger partial charge on any atom is -0.361 e. The molecule has 8 heterocycles. The number of benzene rings is 4. The summed E-state index contributed by atoms with van der Waals surface area (Å²) < 4.78 is 96.5. The van der Waals surface area contributed by atoms with E-state index in [1.165, 1.54) is 27.6 Å². The Morgan fingerprint density at radius 2 is 1.09 bits per heavy atom. The third kappa shape index (κ3) is 8.62. The molecule has 4 atom stereocenters.